The van der Waals surface area contributed by atoms with Crippen molar-refractivity contribution in [1.29, 1.82) is 0 Å². The van der Waals surface area contributed by atoms with E-state index in [4.69, 9.17) is 0 Å². The van der Waals surface area contributed by atoms with Gasteiger partial charge in [0.2, 0.25) is 0 Å². The van der Waals surface area contributed by atoms with Gasteiger partial charge in [-0.3, -0.25) is 0 Å². The van der Waals surface area contributed by atoms with Crippen LogP contribution >= 0.6 is 0 Å². The van der Waals surface area contributed by atoms with Gasteiger partial charge in [0.25, 0.3) is 0 Å². The first-order chi connectivity index (χ1) is 4.51. The molecule has 0 aromatic rings. The molecule has 1 saturated carbocycles. The minimum atomic E-state index is -1.37. The molecule has 0 aromatic carbocycles. The van der Waals surface area contributed by atoms with Crippen LogP contribution in [0.5, 0.6) is 0 Å². The Hall–Kier alpha value is -0.0800. The van der Waals surface area contributed by atoms with Crippen molar-refractivity contribution < 1.29 is 10.2 Å². The standard InChI is InChI=1S/C8H16O2/c1-6-3-4-8(9,10)5-7(6)2/h6-7,9-10H,3-5H2,1-2H3. The normalized spacial score (nSPS) is 39.6. The molecule has 0 heterocycles. The van der Waals surface area contributed by atoms with E-state index in [-0.39, 0.29) is 0 Å². The molecular weight excluding hydrogens is 128 g/mol. The molecule has 0 bridgehead atoms. The first-order valence-electron chi connectivity index (χ1n) is 3.96. The summed E-state index contributed by atoms with van der Waals surface area (Å²) < 4.78 is 0. The minimum absolute atomic E-state index is 0.448. The van der Waals surface area contributed by atoms with Crippen LogP contribution in [-0.2, 0) is 0 Å². The van der Waals surface area contributed by atoms with Gasteiger partial charge in [-0.25, -0.2) is 0 Å². The molecule has 1 rings (SSSR count). The van der Waals surface area contributed by atoms with Gasteiger partial charge in [-0.05, 0) is 18.3 Å². The molecule has 1 aliphatic rings. The summed E-state index contributed by atoms with van der Waals surface area (Å²) in [6, 6.07) is 0. The fraction of sp³-hybridized carbons (Fsp3) is 1.00. The van der Waals surface area contributed by atoms with E-state index in [1.165, 1.54) is 0 Å². The minimum Gasteiger partial charge on any atom is -0.366 e. The Morgan fingerprint density at radius 1 is 1.20 bits per heavy atom. The lowest BCUT2D eigenvalue weighted by Crippen LogP contribution is -2.37. The molecule has 0 amide bonds. The van der Waals surface area contributed by atoms with Gasteiger partial charge in [-0.2, -0.15) is 0 Å². The highest BCUT2D eigenvalue weighted by atomic mass is 16.5. The van der Waals surface area contributed by atoms with Crippen LogP contribution in [0.15, 0.2) is 0 Å². The van der Waals surface area contributed by atoms with Gasteiger partial charge in [0.1, 0.15) is 0 Å². The number of aliphatic hydroxyl groups is 2. The predicted molar refractivity (Wildman–Crippen MR) is 39.3 cm³/mol. The van der Waals surface area contributed by atoms with Crippen molar-refractivity contribution in [2.45, 2.75) is 38.9 Å². The summed E-state index contributed by atoms with van der Waals surface area (Å²) in [4.78, 5) is 0. The molecule has 1 fully saturated rings. The topological polar surface area (TPSA) is 40.5 Å². The second-order valence-electron chi connectivity index (χ2n) is 3.68. The summed E-state index contributed by atoms with van der Waals surface area (Å²) >= 11 is 0. The van der Waals surface area contributed by atoms with Crippen molar-refractivity contribution in [2.24, 2.45) is 11.8 Å². The Bertz CT molecular complexity index is 120. The zero-order valence-electron chi connectivity index (χ0n) is 6.67. The molecule has 60 valence electrons. The molecule has 2 nitrogen and oxygen atoms in total. The second-order valence-corrected chi connectivity index (χ2v) is 3.68. The molecule has 2 atom stereocenters. The smallest absolute Gasteiger partial charge is 0.162 e. The molecule has 1 aliphatic carbocycles. The third-order valence-corrected chi connectivity index (χ3v) is 2.62. The summed E-state index contributed by atoms with van der Waals surface area (Å²) in [5, 5.41) is 18.4. The molecule has 2 N–H and O–H groups in total. The van der Waals surface area contributed by atoms with Gasteiger partial charge in [0.15, 0.2) is 5.79 Å². The Kier molecular flexibility index (Phi) is 2.02. The van der Waals surface area contributed by atoms with Crippen LogP contribution in [0.1, 0.15) is 33.1 Å². The monoisotopic (exact) mass is 144 g/mol. The van der Waals surface area contributed by atoms with Crippen molar-refractivity contribution in [2.75, 3.05) is 0 Å². The van der Waals surface area contributed by atoms with Crippen LogP contribution in [0.25, 0.3) is 0 Å². The summed E-state index contributed by atoms with van der Waals surface area (Å²) in [6.07, 6.45) is 2.01. The molecule has 0 saturated heterocycles. The van der Waals surface area contributed by atoms with Gasteiger partial charge in [0.05, 0.1) is 0 Å². The highest BCUT2D eigenvalue weighted by molar-refractivity contribution is 4.78. The lowest BCUT2D eigenvalue weighted by molar-refractivity contribution is -0.196. The lowest BCUT2D eigenvalue weighted by Gasteiger charge is -2.34. The summed E-state index contributed by atoms with van der Waals surface area (Å²) in [7, 11) is 0. The third kappa shape index (κ3) is 1.70. The molecule has 2 heteroatoms. The Morgan fingerprint density at radius 3 is 2.20 bits per heavy atom. The highest BCUT2D eigenvalue weighted by Crippen LogP contribution is 2.34. The summed E-state index contributed by atoms with van der Waals surface area (Å²) in [5.74, 6) is -0.275. The van der Waals surface area contributed by atoms with E-state index in [0.29, 0.717) is 24.7 Å². The van der Waals surface area contributed by atoms with E-state index in [1.54, 1.807) is 0 Å². The van der Waals surface area contributed by atoms with Crippen LogP contribution in [0.2, 0.25) is 0 Å². The van der Waals surface area contributed by atoms with Crippen LogP contribution in [0.3, 0.4) is 0 Å². The number of hydrogen-bond donors (Lipinski definition) is 2. The van der Waals surface area contributed by atoms with Crippen LogP contribution in [-0.4, -0.2) is 16.0 Å². The molecule has 0 radical (unpaired) electrons. The zero-order valence-corrected chi connectivity index (χ0v) is 6.67. The second kappa shape index (κ2) is 2.51. The van der Waals surface area contributed by atoms with E-state index < -0.39 is 5.79 Å². The Labute approximate surface area is 61.9 Å². The zero-order chi connectivity index (χ0) is 7.78. The average molecular weight is 144 g/mol. The van der Waals surface area contributed by atoms with E-state index in [1.807, 2.05) is 0 Å². The van der Waals surface area contributed by atoms with E-state index in [0.717, 1.165) is 6.42 Å². The fourth-order valence-corrected chi connectivity index (χ4v) is 1.56. The maximum atomic E-state index is 9.22. The SMILES string of the molecule is CC1CCC(O)(O)CC1C. The molecule has 10 heavy (non-hydrogen) atoms. The first kappa shape index (κ1) is 8.02. The van der Waals surface area contributed by atoms with Crippen LogP contribution in [0, 0.1) is 11.8 Å². The molecule has 0 aromatic heterocycles. The average Bonchev–Trinajstić information content (AvgIpc) is 1.79. The maximum Gasteiger partial charge on any atom is 0.162 e. The van der Waals surface area contributed by atoms with E-state index in [9.17, 15) is 10.2 Å². The molecule has 2 unspecified atom stereocenters. The molecule has 0 spiro atoms. The van der Waals surface area contributed by atoms with Crippen molar-refractivity contribution in [3.05, 3.63) is 0 Å². The molecular formula is C8H16O2. The van der Waals surface area contributed by atoms with E-state index >= 15 is 0 Å². The van der Waals surface area contributed by atoms with Gasteiger partial charge in [-0.1, -0.05) is 13.8 Å². The predicted octanol–water partition coefficient (Wildman–Crippen LogP) is 1.12. The summed E-state index contributed by atoms with van der Waals surface area (Å²) in [6.45, 7) is 4.24. The molecule has 0 aliphatic heterocycles. The number of hydrogen-bond acceptors (Lipinski definition) is 2. The van der Waals surface area contributed by atoms with Crippen molar-refractivity contribution in [1.82, 2.24) is 0 Å². The van der Waals surface area contributed by atoms with Crippen LogP contribution in [0.4, 0.5) is 0 Å². The third-order valence-electron chi connectivity index (χ3n) is 2.62. The van der Waals surface area contributed by atoms with Crippen molar-refractivity contribution in [3.8, 4) is 0 Å². The largest absolute Gasteiger partial charge is 0.366 e. The lowest BCUT2D eigenvalue weighted by atomic mass is 9.78. The van der Waals surface area contributed by atoms with E-state index in [2.05, 4.69) is 13.8 Å². The van der Waals surface area contributed by atoms with Gasteiger partial charge < -0.3 is 10.2 Å². The highest BCUT2D eigenvalue weighted by Gasteiger charge is 2.33. The maximum absolute atomic E-state index is 9.22. The summed E-state index contributed by atoms with van der Waals surface area (Å²) in [5.41, 5.74) is 0. The van der Waals surface area contributed by atoms with Crippen molar-refractivity contribution >= 4 is 0 Å². The quantitative estimate of drug-likeness (QED) is 0.500. The Morgan fingerprint density at radius 2 is 1.80 bits per heavy atom. The van der Waals surface area contributed by atoms with Gasteiger partial charge >= 0.3 is 0 Å². The first-order valence-corrected chi connectivity index (χ1v) is 3.96. The number of rotatable bonds is 0. The Balaban J connectivity index is 2.49. The van der Waals surface area contributed by atoms with Crippen molar-refractivity contribution in [3.63, 3.8) is 0 Å². The van der Waals surface area contributed by atoms with Crippen LogP contribution < -0.4 is 0 Å². The van der Waals surface area contributed by atoms with Gasteiger partial charge in [0, 0.05) is 12.8 Å². The van der Waals surface area contributed by atoms with Gasteiger partial charge in [-0.15, -0.1) is 0 Å². The fourth-order valence-electron chi connectivity index (χ4n) is 1.56.